The molecule has 1 saturated heterocycles. The maximum absolute atomic E-state index is 12.2. The Hall–Kier alpha value is -2.11. The fourth-order valence-electron chi connectivity index (χ4n) is 2.80. The third-order valence-electron chi connectivity index (χ3n) is 4.14. The van der Waals surface area contributed by atoms with Gasteiger partial charge in [-0.2, -0.15) is 4.98 Å². The molecule has 1 aliphatic heterocycles. The Balaban J connectivity index is 1.50. The summed E-state index contributed by atoms with van der Waals surface area (Å²) in [7, 11) is 0. The zero-order chi connectivity index (χ0) is 14.2. The topological polar surface area (TPSA) is 71.3 Å². The summed E-state index contributed by atoms with van der Waals surface area (Å²) < 4.78 is 5.75. The Morgan fingerprint density at radius 1 is 1.38 bits per heavy atom. The highest BCUT2D eigenvalue weighted by Crippen LogP contribution is 2.26. The summed E-state index contributed by atoms with van der Waals surface area (Å²) >= 11 is 0. The van der Waals surface area contributed by atoms with E-state index in [4.69, 9.17) is 4.42 Å². The quantitative estimate of drug-likeness (QED) is 0.930. The van der Waals surface area contributed by atoms with E-state index in [0.717, 1.165) is 32.2 Å². The molecule has 2 fully saturated rings. The highest BCUT2D eigenvalue weighted by molar-refractivity contribution is 5.80. The predicted molar refractivity (Wildman–Crippen MR) is 77.9 cm³/mol. The smallest absolute Gasteiger partial charge is 0.299 e. The molecule has 0 radical (unpaired) electrons. The van der Waals surface area contributed by atoms with Crippen LogP contribution in [-0.2, 0) is 4.79 Å². The zero-order valence-corrected chi connectivity index (χ0v) is 11.8. The van der Waals surface area contributed by atoms with E-state index >= 15 is 0 Å². The van der Waals surface area contributed by atoms with E-state index < -0.39 is 0 Å². The molecule has 0 bridgehead atoms. The van der Waals surface area contributed by atoms with Gasteiger partial charge in [0.1, 0.15) is 0 Å². The second-order valence-electron chi connectivity index (χ2n) is 5.89. The van der Waals surface area contributed by atoms with Crippen LogP contribution < -0.4 is 10.2 Å². The zero-order valence-electron chi connectivity index (χ0n) is 11.8. The molecule has 1 amide bonds. The molecule has 1 aliphatic carbocycles. The first-order chi connectivity index (χ1) is 10.3. The largest absolute Gasteiger partial charge is 0.422 e. The maximum atomic E-state index is 12.2. The van der Waals surface area contributed by atoms with Crippen molar-refractivity contribution in [2.75, 3.05) is 18.0 Å². The van der Waals surface area contributed by atoms with E-state index in [1.165, 1.54) is 0 Å². The fraction of sp³-hybridized carbons (Fsp3) is 0.533. The molecule has 6 nitrogen and oxygen atoms in total. The number of aromatic nitrogens is 2. The minimum Gasteiger partial charge on any atom is -0.422 e. The number of oxazole rings is 1. The highest BCUT2D eigenvalue weighted by atomic mass is 16.4. The number of piperidine rings is 1. The third kappa shape index (κ3) is 2.57. The number of hydrogen-bond donors (Lipinski definition) is 1. The molecule has 2 aromatic heterocycles. The predicted octanol–water partition coefficient (Wildman–Crippen LogP) is 1.72. The van der Waals surface area contributed by atoms with Crippen LogP contribution in [0.5, 0.6) is 0 Å². The van der Waals surface area contributed by atoms with Gasteiger partial charge in [-0.25, -0.2) is 4.98 Å². The normalized spacial score (nSPS) is 22.5. The average molecular weight is 286 g/mol. The van der Waals surface area contributed by atoms with Gasteiger partial charge in [-0.15, -0.1) is 0 Å². The van der Waals surface area contributed by atoms with Crippen molar-refractivity contribution >= 4 is 23.2 Å². The van der Waals surface area contributed by atoms with E-state index in [2.05, 4.69) is 20.2 Å². The van der Waals surface area contributed by atoms with Gasteiger partial charge in [0.2, 0.25) is 11.6 Å². The molecule has 1 N–H and O–H groups in total. The van der Waals surface area contributed by atoms with Gasteiger partial charge < -0.3 is 14.6 Å². The second-order valence-corrected chi connectivity index (χ2v) is 5.89. The van der Waals surface area contributed by atoms with E-state index in [1.54, 1.807) is 6.20 Å². The molecular weight excluding hydrogens is 268 g/mol. The average Bonchev–Trinajstić information content (AvgIpc) is 3.22. The van der Waals surface area contributed by atoms with Crippen LogP contribution in [0, 0.1) is 5.92 Å². The first-order valence-corrected chi connectivity index (χ1v) is 7.56. The van der Waals surface area contributed by atoms with Gasteiger partial charge in [-0.3, -0.25) is 4.79 Å². The molecule has 2 aliphatic rings. The molecule has 0 aromatic carbocycles. The Bertz CT molecular complexity index is 631. The van der Waals surface area contributed by atoms with E-state index in [1.807, 2.05) is 12.1 Å². The summed E-state index contributed by atoms with van der Waals surface area (Å²) in [5.74, 6) is 0.207. The van der Waals surface area contributed by atoms with Crippen molar-refractivity contribution in [1.29, 1.82) is 0 Å². The van der Waals surface area contributed by atoms with Crippen molar-refractivity contribution in [2.24, 2.45) is 5.92 Å². The van der Waals surface area contributed by atoms with Crippen LogP contribution in [0.15, 0.2) is 22.7 Å². The van der Waals surface area contributed by atoms with Crippen LogP contribution in [0.1, 0.15) is 25.7 Å². The summed E-state index contributed by atoms with van der Waals surface area (Å²) in [4.78, 5) is 22.9. The van der Waals surface area contributed by atoms with Crippen molar-refractivity contribution in [3.05, 3.63) is 18.3 Å². The van der Waals surface area contributed by atoms with Gasteiger partial charge >= 0.3 is 0 Å². The van der Waals surface area contributed by atoms with Gasteiger partial charge in [0.25, 0.3) is 6.01 Å². The number of nitrogens with zero attached hydrogens (tertiary/aromatic N) is 3. The molecule has 21 heavy (non-hydrogen) atoms. The number of rotatable bonds is 3. The number of nitrogens with one attached hydrogen (secondary N) is 1. The van der Waals surface area contributed by atoms with Crippen molar-refractivity contribution in [1.82, 2.24) is 15.3 Å². The van der Waals surface area contributed by atoms with Crippen LogP contribution >= 0.6 is 0 Å². The van der Waals surface area contributed by atoms with Gasteiger partial charge in [0, 0.05) is 25.3 Å². The van der Waals surface area contributed by atoms with E-state index in [0.29, 0.717) is 29.8 Å². The van der Waals surface area contributed by atoms with Crippen LogP contribution in [0.4, 0.5) is 6.01 Å². The lowest BCUT2D eigenvalue weighted by Crippen LogP contribution is -2.43. The van der Waals surface area contributed by atoms with Gasteiger partial charge in [0.05, 0.1) is 5.92 Å². The van der Waals surface area contributed by atoms with E-state index in [9.17, 15) is 4.79 Å². The molecule has 6 heteroatoms. The van der Waals surface area contributed by atoms with Crippen LogP contribution in [-0.4, -0.2) is 35.0 Å². The van der Waals surface area contributed by atoms with Crippen molar-refractivity contribution in [3.8, 4) is 0 Å². The number of carbonyl (C=O) groups is 1. The standard InChI is InChI=1S/C15H18N4O2/c20-14(17-11-5-6-11)10-3-2-8-19(9-10)15-18-13-12(21-15)4-1-7-16-13/h1,4,7,10-11H,2-3,5-6,8-9H2,(H,17,20). The van der Waals surface area contributed by atoms with Gasteiger partial charge in [-0.05, 0) is 37.8 Å². The van der Waals surface area contributed by atoms with Crippen molar-refractivity contribution in [2.45, 2.75) is 31.7 Å². The van der Waals surface area contributed by atoms with Crippen molar-refractivity contribution < 1.29 is 9.21 Å². The molecule has 2 aromatic rings. The lowest BCUT2D eigenvalue weighted by molar-refractivity contribution is -0.125. The molecule has 1 unspecified atom stereocenters. The minimum absolute atomic E-state index is 0.0299. The fourth-order valence-corrected chi connectivity index (χ4v) is 2.80. The Kier molecular flexibility index (Phi) is 3.02. The number of pyridine rings is 1. The SMILES string of the molecule is O=C(NC1CC1)C1CCCN(c2nc3ncccc3o2)C1. The summed E-state index contributed by atoms with van der Waals surface area (Å²) in [6.07, 6.45) is 5.87. The molecule has 3 heterocycles. The maximum Gasteiger partial charge on any atom is 0.299 e. The minimum atomic E-state index is 0.0299. The molecule has 1 atom stereocenters. The number of anilines is 1. The van der Waals surface area contributed by atoms with Gasteiger partial charge in [0.15, 0.2) is 5.58 Å². The van der Waals surface area contributed by atoms with Crippen LogP contribution in [0.25, 0.3) is 11.2 Å². The Labute approximate surface area is 122 Å². The van der Waals surface area contributed by atoms with Crippen LogP contribution in [0.2, 0.25) is 0 Å². The first-order valence-electron chi connectivity index (χ1n) is 7.56. The number of carbonyl (C=O) groups excluding carboxylic acids is 1. The lowest BCUT2D eigenvalue weighted by Gasteiger charge is -2.30. The van der Waals surface area contributed by atoms with E-state index in [-0.39, 0.29) is 11.8 Å². The molecule has 4 rings (SSSR count). The second kappa shape index (κ2) is 5.02. The highest BCUT2D eigenvalue weighted by Gasteiger charge is 2.31. The molecule has 110 valence electrons. The van der Waals surface area contributed by atoms with Gasteiger partial charge in [-0.1, -0.05) is 0 Å². The number of hydrogen-bond acceptors (Lipinski definition) is 5. The first kappa shape index (κ1) is 12.6. The third-order valence-corrected chi connectivity index (χ3v) is 4.14. The van der Waals surface area contributed by atoms with Crippen molar-refractivity contribution in [3.63, 3.8) is 0 Å². The molecule has 1 saturated carbocycles. The Morgan fingerprint density at radius 3 is 3.10 bits per heavy atom. The number of amides is 1. The number of fused-ring (bicyclic) bond motifs is 1. The monoisotopic (exact) mass is 286 g/mol. The lowest BCUT2D eigenvalue weighted by atomic mass is 9.97. The molecular formula is C15H18N4O2. The summed E-state index contributed by atoms with van der Waals surface area (Å²) in [5, 5.41) is 3.09. The molecule has 0 spiro atoms. The van der Waals surface area contributed by atoms with Crippen LogP contribution in [0.3, 0.4) is 0 Å². The summed E-state index contributed by atoms with van der Waals surface area (Å²) in [6.45, 7) is 1.55. The Morgan fingerprint density at radius 2 is 2.29 bits per heavy atom. The summed E-state index contributed by atoms with van der Waals surface area (Å²) in [6, 6.07) is 4.69. The summed E-state index contributed by atoms with van der Waals surface area (Å²) in [5.41, 5.74) is 1.31.